The molecule has 0 aliphatic carbocycles. The van der Waals surface area contributed by atoms with E-state index in [-0.39, 0.29) is 34.3 Å². The van der Waals surface area contributed by atoms with E-state index in [2.05, 4.69) is 4.90 Å². The molecule has 10 nitrogen and oxygen atoms in total. The van der Waals surface area contributed by atoms with Gasteiger partial charge in [-0.3, -0.25) is 15.0 Å². The summed E-state index contributed by atoms with van der Waals surface area (Å²) in [6.07, 6.45) is 1.44. The lowest BCUT2D eigenvalue weighted by Crippen LogP contribution is -2.39. The first-order valence-electron chi connectivity index (χ1n) is 11.5. The van der Waals surface area contributed by atoms with E-state index in [0.29, 0.717) is 18.5 Å². The van der Waals surface area contributed by atoms with Crippen LogP contribution in [-0.2, 0) is 29.5 Å². The Kier molecular flexibility index (Phi) is 5.66. The standard InChI is InChI=1S/C25H21ClN2O8S/c1-33-22-5-2-14-8-20-17-11-24-23(34-13-35-24)9-15(17)6-7-27(20)12-18(14)25(22)36-37(31,32)16-3-4-19(26)21(10-16)28(29)30/h2-5,9-11,20H,6-8,12-13H2,1H3. The highest BCUT2D eigenvalue weighted by atomic mass is 35.5. The maximum Gasteiger partial charge on any atom is 0.339 e. The first-order valence-corrected chi connectivity index (χ1v) is 13.3. The van der Waals surface area contributed by atoms with Crippen molar-refractivity contribution in [2.45, 2.75) is 30.3 Å². The lowest BCUT2D eigenvalue weighted by molar-refractivity contribution is -0.384. The van der Waals surface area contributed by atoms with Crippen LogP contribution in [0.1, 0.15) is 28.3 Å². The van der Waals surface area contributed by atoms with Crippen LogP contribution >= 0.6 is 11.6 Å². The average Bonchev–Trinajstić information content (AvgIpc) is 3.34. The number of nitrogens with zero attached hydrogens (tertiary/aromatic N) is 2. The Morgan fingerprint density at radius 1 is 1.11 bits per heavy atom. The maximum absolute atomic E-state index is 13.2. The number of nitro groups is 1. The number of methoxy groups -OCH3 is 1. The minimum Gasteiger partial charge on any atom is -0.493 e. The monoisotopic (exact) mass is 544 g/mol. The van der Waals surface area contributed by atoms with Crippen LogP contribution in [0.15, 0.2) is 47.4 Å². The molecule has 0 saturated carbocycles. The van der Waals surface area contributed by atoms with Gasteiger partial charge in [0.25, 0.3) is 5.69 Å². The molecule has 0 amide bonds. The summed E-state index contributed by atoms with van der Waals surface area (Å²) in [5, 5.41) is 11.1. The van der Waals surface area contributed by atoms with E-state index >= 15 is 0 Å². The summed E-state index contributed by atoms with van der Waals surface area (Å²) in [7, 11) is -3.00. The van der Waals surface area contributed by atoms with Crippen LogP contribution in [0.3, 0.4) is 0 Å². The molecule has 0 bridgehead atoms. The second kappa shape index (κ2) is 8.79. The first kappa shape index (κ1) is 23.8. The molecule has 192 valence electrons. The molecule has 6 rings (SSSR count). The quantitative estimate of drug-likeness (QED) is 0.261. The zero-order chi connectivity index (χ0) is 25.9. The molecule has 12 heteroatoms. The fourth-order valence-electron chi connectivity index (χ4n) is 5.19. The van der Waals surface area contributed by atoms with Crippen molar-refractivity contribution in [2.24, 2.45) is 0 Å². The Bertz CT molecular complexity index is 1560. The van der Waals surface area contributed by atoms with Crippen LogP contribution in [-0.4, -0.2) is 38.7 Å². The topological polar surface area (TPSA) is 117 Å². The van der Waals surface area contributed by atoms with E-state index in [4.69, 9.17) is 30.0 Å². The third-order valence-corrected chi connectivity index (χ3v) is 8.55. The number of benzene rings is 3. The van der Waals surface area contributed by atoms with Gasteiger partial charge in [-0.25, -0.2) is 0 Å². The zero-order valence-electron chi connectivity index (χ0n) is 19.6. The Labute approximate surface area is 217 Å². The highest BCUT2D eigenvalue weighted by molar-refractivity contribution is 7.87. The minimum absolute atomic E-state index is 0.0764. The molecule has 0 spiro atoms. The molecule has 0 saturated heterocycles. The van der Waals surface area contributed by atoms with Crippen molar-refractivity contribution in [1.82, 2.24) is 4.90 Å². The number of nitro benzene ring substituents is 1. The van der Waals surface area contributed by atoms with Crippen LogP contribution in [0.5, 0.6) is 23.0 Å². The summed E-state index contributed by atoms with van der Waals surface area (Å²) in [6, 6.07) is 11.0. The molecule has 1 atom stereocenters. The normalized spacial score (nSPS) is 17.9. The summed E-state index contributed by atoms with van der Waals surface area (Å²) in [6.45, 7) is 1.42. The molecular weight excluding hydrogens is 524 g/mol. The van der Waals surface area contributed by atoms with Gasteiger partial charge in [0.1, 0.15) is 9.92 Å². The number of rotatable bonds is 5. The van der Waals surface area contributed by atoms with Crippen molar-refractivity contribution in [2.75, 3.05) is 20.4 Å². The van der Waals surface area contributed by atoms with Crippen LogP contribution < -0.4 is 18.4 Å². The van der Waals surface area contributed by atoms with E-state index in [1.807, 2.05) is 18.2 Å². The van der Waals surface area contributed by atoms with Gasteiger partial charge in [0.15, 0.2) is 23.0 Å². The molecule has 0 aromatic heterocycles. The fourth-order valence-corrected chi connectivity index (χ4v) is 6.37. The van der Waals surface area contributed by atoms with Crippen LogP contribution in [0.4, 0.5) is 5.69 Å². The average molecular weight is 545 g/mol. The molecule has 0 N–H and O–H groups in total. The summed E-state index contributed by atoms with van der Waals surface area (Å²) >= 11 is 5.86. The Balaban J connectivity index is 1.38. The number of fused-ring (bicyclic) bond motifs is 5. The molecule has 3 aromatic carbocycles. The number of ether oxygens (including phenoxy) is 3. The van der Waals surface area contributed by atoms with Crippen molar-refractivity contribution in [1.29, 1.82) is 0 Å². The summed E-state index contributed by atoms with van der Waals surface area (Å²) in [5.41, 5.74) is 3.49. The summed E-state index contributed by atoms with van der Waals surface area (Å²) in [4.78, 5) is 12.4. The Morgan fingerprint density at radius 2 is 1.89 bits per heavy atom. The van der Waals surface area contributed by atoms with Crippen molar-refractivity contribution in [3.05, 3.63) is 79.9 Å². The lowest BCUT2D eigenvalue weighted by atomic mass is 9.83. The van der Waals surface area contributed by atoms with Crippen molar-refractivity contribution in [3.63, 3.8) is 0 Å². The molecule has 1 unspecified atom stereocenters. The SMILES string of the molecule is COc1ccc2c(c1OS(=O)(=O)c1ccc(Cl)c([N+](=O)[O-])c1)CN1CCc3cc4c(cc3C1C2)OCO4. The Hall–Kier alpha value is -3.54. The predicted molar refractivity (Wildman–Crippen MR) is 132 cm³/mol. The van der Waals surface area contributed by atoms with Gasteiger partial charge in [-0.15, -0.1) is 0 Å². The van der Waals surface area contributed by atoms with Gasteiger partial charge in [0, 0.05) is 30.8 Å². The van der Waals surface area contributed by atoms with Gasteiger partial charge in [-0.1, -0.05) is 17.7 Å². The smallest absolute Gasteiger partial charge is 0.339 e. The molecule has 3 aliphatic heterocycles. The molecule has 0 fully saturated rings. The maximum atomic E-state index is 13.2. The molecule has 3 aliphatic rings. The number of hydrogen-bond donors (Lipinski definition) is 0. The lowest BCUT2D eigenvalue weighted by Gasteiger charge is -2.41. The van der Waals surface area contributed by atoms with E-state index in [1.165, 1.54) is 24.3 Å². The van der Waals surface area contributed by atoms with E-state index in [1.54, 1.807) is 6.07 Å². The zero-order valence-corrected chi connectivity index (χ0v) is 21.2. The van der Waals surface area contributed by atoms with Crippen molar-refractivity contribution in [3.8, 4) is 23.0 Å². The fraction of sp³-hybridized carbons (Fsp3) is 0.280. The molecule has 37 heavy (non-hydrogen) atoms. The molecular formula is C25H21ClN2O8S. The van der Waals surface area contributed by atoms with Crippen LogP contribution in [0, 0.1) is 10.1 Å². The van der Waals surface area contributed by atoms with Crippen LogP contribution in [0.25, 0.3) is 0 Å². The van der Waals surface area contributed by atoms with E-state index < -0.39 is 20.7 Å². The van der Waals surface area contributed by atoms with Gasteiger partial charge in [0.2, 0.25) is 6.79 Å². The summed E-state index contributed by atoms with van der Waals surface area (Å²) < 4.78 is 48.6. The molecule has 0 radical (unpaired) electrons. The molecule has 3 heterocycles. The highest BCUT2D eigenvalue weighted by Gasteiger charge is 2.37. The largest absolute Gasteiger partial charge is 0.493 e. The van der Waals surface area contributed by atoms with Gasteiger partial charge in [-0.05, 0) is 59.9 Å². The third-order valence-electron chi connectivity index (χ3n) is 7.01. The number of hydrogen-bond acceptors (Lipinski definition) is 9. The van der Waals surface area contributed by atoms with Gasteiger partial charge < -0.3 is 18.4 Å². The van der Waals surface area contributed by atoms with E-state index in [0.717, 1.165) is 42.2 Å². The van der Waals surface area contributed by atoms with Crippen LogP contribution in [0.2, 0.25) is 5.02 Å². The molecule has 3 aromatic rings. The second-order valence-electron chi connectivity index (χ2n) is 8.99. The van der Waals surface area contributed by atoms with Crippen molar-refractivity contribution >= 4 is 27.4 Å². The third kappa shape index (κ3) is 4.03. The highest BCUT2D eigenvalue weighted by Crippen LogP contribution is 2.47. The summed E-state index contributed by atoms with van der Waals surface area (Å²) in [5.74, 6) is 1.82. The van der Waals surface area contributed by atoms with Gasteiger partial charge in [-0.2, -0.15) is 8.42 Å². The van der Waals surface area contributed by atoms with Crippen molar-refractivity contribution < 1.29 is 31.7 Å². The van der Waals surface area contributed by atoms with E-state index in [9.17, 15) is 18.5 Å². The minimum atomic E-state index is -4.43. The Morgan fingerprint density at radius 3 is 2.65 bits per heavy atom. The van der Waals surface area contributed by atoms with Gasteiger partial charge >= 0.3 is 10.1 Å². The first-order chi connectivity index (χ1) is 17.7. The van der Waals surface area contributed by atoms with Gasteiger partial charge in [0.05, 0.1) is 12.0 Å². The number of halogens is 1. The second-order valence-corrected chi connectivity index (χ2v) is 10.9. The predicted octanol–water partition coefficient (Wildman–Crippen LogP) is 4.41.